The lowest BCUT2D eigenvalue weighted by Crippen LogP contribution is -2.64. The second kappa shape index (κ2) is 9.41. The highest BCUT2D eigenvalue weighted by Gasteiger charge is 2.53. The van der Waals surface area contributed by atoms with Crippen LogP contribution in [-0.2, 0) is 10.8 Å². The third kappa shape index (κ3) is 3.20. The fourth-order valence-electron chi connectivity index (χ4n) is 10.6. The van der Waals surface area contributed by atoms with E-state index in [0.717, 1.165) is 0 Å². The van der Waals surface area contributed by atoms with Crippen molar-refractivity contribution >= 4 is 40.3 Å². The Morgan fingerprint density at radius 3 is 1.98 bits per heavy atom. The maximum atomic E-state index is 2.58. The summed E-state index contributed by atoms with van der Waals surface area (Å²) in [7, 11) is -2.23. The van der Waals surface area contributed by atoms with Gasteiger partial charge >= 0.3 is 0 Å². The summed E-state index contributed by atoms with van der Waals surface area (Å²) in [6.45, 7) is 9.91. The van der Waals surface area contributed by atoms with Gasteiger partial charge in [0.05, 0.1) is 22.1 Å². The fourth-order valence-corrected chi connectivity index (χ4v) is 14.2. The summed E-state index contributed by atoms with van der Waals surface area (Å²) >= 11 is 0. The molecule has 3 aliphatic rings. The van der Waals surface area contributed by atoms with Crippen LogP contribution in [0.3, 0.4) is 0 Å². The molecule has 0 N–H and O–H groups in total. The molecule has 0 amide bonds. The van der Waals surface area contributed by atoms with E-state index in [4.69, 9.17) is 0 Å². The van der Waals surface area contributed by atoms with Crippen molar-refractivity contribution < 1.29 is 0 Å². The molecule has 11 rings (SSSR count). The number of hydrogen-bond donors (Lipinski definition) is 0. The van der Waals surface area contributed by atoms with Crippen molar-refractivity contribution in [2.75, 3.05) is 0 Å². The number of rotatable bonds is 1. The first-order valence-corrected chi connectivity index (χ1v) is 21.0. The molecular weight excluding hydrogens is 619 g/mol. The van der Waals surface area contributed by atoms with Gasteiger partial charge in [-0.3, -0.25) is 0 Å². The van der Waals surface area contributed by atoms with Crippen molar-refractivity contribution in [1.82, 2.24) is 4.57 Å². The van der Waals surface area contributed by atoms with Gasteiger partial charge in [0.2, 0.25) is 0 Å². The highest BCUT2D eigenvalue weighted by Crippen LogP contribution is 2.56. The average molecular weight is 656 g/mol. The van der Waals surface area contributed by atoms with E-state index in [0.29, 0.717) is 0 Å². The molecule has 1 unspecified atom stereocenters. The van der Waals surface area contributed by atoms with Crippen molar-refractivity contribution in [3.8, 4) is 27.9 Å². The van der Waals surface area contributed by atoms with E-state index in [-0.39, 0.29) is 5.41 Å². The minimum absolute atomic E-state index is 0.0134. The summed E-state index contributed by atoms with van der Waals surface area (Å²) in [5, 5.41) is 5.72. The van der Waals surface area contributed by atoms with Crippen LogP contribution in [0.15, 0.2) is 152 Å². The molecule has 1 atom stereocenters. The van der Waals surface area contributed by atoms with Crippen molar-refractivity contribution in [1.29, 1.82) is 0 Å². The lowest BCUT2D eigenvalue weighted by atomic mass is 9.62. The number of fused-ring (bicyclic) bond motifs is 14. The predicted molar refractivity (Wildman–Crippen MR) is 212 cm³/mol. The van der Waals surface area contributed by atoms with E-state index in [1.54, 1.807) is 5.19 Å². The molecule has 1 aliphatic carbocycles. The molecule has 8 aromatic rings. The topological polar surface area (TPSA) is 4.93 Å². The minimum Gasteiger partial charge on any atom is -0.309 e. The quantitative estimate of drug-likeness (QED) is 0.155. The Labute approximate surface area is 294 Å². The van der Waals surface area contributed by atoms with Gasteiger partial charge in [0, 0.05) is 16.2 Å². The highest BCUT2D eigenvalue weighted by molar-refractivity contribution is 7.02. The van der Waals surface area contributed by atoms with E-state index in [1.807, 2.05) is 0 Å². The van der Waals surface area contributed by atoms with E-state index >= 15 is 0 Å². The monoisotopic (exact) mass is 655 g/mol. The van der Waals surface area contributed by atoms with E-state index in [2.05, 4.69) is 183 Å². The van der Waals surface area contributed by atoms with Crippen molar-refractivity contribution in [3.05, 3.63) is 185 Å². The molecule has 0 saturated carbocycles. The number of benzene rings is 7. The molecule has 1 nitrogen and oxygen atoms in total. The molecule has 50 heavy (non-hydrogen) atoms. The average Bonchev–Trinajstić information content (AvgIpc) is 3.61. The van der Waals surface area contributed by atoms with Crippen LogP contribution in [0.4, 0.5) is 0 Å². The number of para-hydroxylation sites is 3. The Morgan fingerprint density at radius 2 is 1.10 bits per heavy atom. The van der Waals surface area contributed by atoms with Crippen LogP contribution in [0.1, 0.15) is 47.2 Å². The second-order valence-corrected chi connectivity index (χ2v) is 19.9. The maximum Gasteiger partial charge on any atom is 0.113 e. The Hall–Kier alpha value is -5.44. The van der Waals surface area contributed by atoms with Crippen molar-refractivity contribution in [2.45, 2.75) is 37.8 Å². The number of hydrogen-bond acceptors (Lipinski definition) is 0. The second-order valence-electron chi connectivity index (χ2n) is 15.7. The molecule has 0 radical (unpaired) electrons. The van der Waals surface area contributed by atoms with Crippen LogP contribution < -0.4 is 10.4 Å². The molecule has 1 aromatic heterocycles. The zero-order valence-corrected chi connectivity index (χ0v) is 29.9. The van der Waals surface area contributed by atoms with Gasteiger partial charge in [-0.15, -0.1) is 0 Å². The Bertz CT molecular complexity index is 2780. The molecule has 3 heterocycles. The zero-order chi connectivity index (χ0) is 33.6. The van der Waals surface area contributed by atoms with Gasteiger partial charge in [0.15, 0.2) is 0 Å². The number of aromatic nitrogens is 1. The standard InChI is InChI=1S/C48H37NSi/c1-47(2)36-19-7-5-15-32(36)35-29-30(27-28-37(35)47)31-17-13-23-41-46(31)50(3,4)44-26-12-9-21-39(44)48(41)38-20-8-11-25-43(38)49-42-24-10-6-16-33(42)34-18-14-22-40(48)45(34)49/h5-29H,1-4H3. The van der Waals surface area contributed by atoms with Gasteiger partial charge in [0.1, 0.15) is 8.07 Å². The summed E-state index contributed by atoms with van der Waals surface area (Å²) in [5.41, 5.74) is 17.3. The molecule has 0 fully saturated rings. The van der Waals surface area contributed by atoms with Gasteiger partial charge < -0.3 is 4.57 Å². The SMILES string of the molecule is CC1(C)c2ccccc2-c2cc(-c3cccc4c3[Si](C)(C)c3ccccc3C43c4ccccc4-n4c5ccccc5c5cccc3c54)ccc21. The van der Waals surface area contributed by atoms with Crippen LogP contribution in [0.5, 0.6) is 0 Å². The van der Waals surface area contributed by atoms with Gasteiger partial charge in [-0.1, -0.05) is 160 Å². The highest BCUT2D eigenvalue weighted by atomic mass is 28.3. The molecule has 7 aromatic carbocycles. The summed E-state index contributed by atoms with van der Waals surface area (Å²) in [6, 6.07) is 58.2. The molecule has 0 saturated heterocycles. The first-order valence-electron chi connectivity index (χ1n) is 18.0. The fraction of sp³-hybridized carbons (Fsp3) is 0.125. The normalized spacial score (nSPS) is 18.4. The number of nitrogens with zero attached hydrogens (tertiary/aromatic N) is 1. The van der Waals surface area contributed by atoms with Crippen LogP contribution >= 0.6 is 0 Å². The molecular formula is C48H37NSi. The van der Waals surface area contributed by atoms with Crippen LogP contribution in [-0.4, -0.2) is 12.6 Å². The molecule has 0 bridgehead atoms. The van der Waals surface area contributed by atoms with Gasteiger partial charge in [-0.25, -0.2) is 0 Å². The zero-order valence-electron chi connectivity index (χ0n) is 28.9. The summed E-state index contributed by atoms with van der Waals surface area (Å²) in [6.07, 6.45) is 0. The van der Waals surface area contributed by atoms with E-state index in [9.17, 15) is 0 Å². The summed E-state index contributed by atoms with van der Waals surface area (Å²) in [5.74, 6) is 0. The van der Waals surface area contributed by atoms with Gasteiger partial charge in [-0.05, 0) is 84.2 Å². The van der Waals surface area contributed by atoms with Crippen molar-refractivity contribution in [3.63, 3.8) is 0 Å². The van der Waals surface area contributed by atoms with E-state index < -0.39 is 13.5 Å². The Balaban J connectivity index is 1.29. The van der Waals surface area contributed by atoms with Crippen LogP contribution in [0, 0.1) is 0 Å². The smallest absolute Gasteiger partial charge is 0.113 e. The Kier molecular flexibility index (Phi) is 5.35. The first-order chi connectivity index (χ1) is 24.3. The maximum absolute atomic E-state index is 2.58. The lowest BCUT2D eigenvalue weighted by molar-refractivity contribution is 0.660. The lowest BCUT2D eigenvalue weighted by Gasteiger charge is -2.50. The molecule has 1 spiro atoms. The minimum atomic E-state index is -2.23. The molecule has 2 heteroatoms. The molecule has 238 valence electrons. The van der Waals surface area contributed by atoms with Crippen LogP contribution in [0.2, 0.25) is 13.1 Å². The van der Waals surface area contributed by atoms with E-state index in [1.165, 1.54) is 88.3 Å². The largest absolute Gasteiger partial charge is 0.309 e. The van der Waals surface area contributed by atoms with Crippen LogP contribution in [0.25, 0.3) is 49.7 Å². The predicted octanol–water partition coefficient (Wildman–Crippen LogP) is 10.6. The molecule has 2 aliphatic heterocycles. The third-order valence-corrected chi connectivity index (χ3v) is 16.2. The van der Waals surface area contributed by atoms with Gasteiger partial charge in [-0.2, -0.15) is 0 Å². The summed E-state index contributed by atoms with van der Waals surface area (Å²) in [4.78, 5) is 0. The van der Waals surface area contributed by atoms with Crippen molar-refractivity contribution in [2.24, 2.45) is 0 Å². The first kappa shape index (κ1) is 28.4. The summed E-state index contributed by atoms with van der Waals surface area (Å²) < 4.78 is 2.55. The Morgan fingerprint density at radius 1 is 0.480 bits per heavy atom. The van der Waals surface area contributed by atoms with Gasteiger partial charge in [0.25, 0.3) is 0 Å². The third-order valence-electron chi connectivity index (χ3n) is 12.6.